The fourth-order valence-electron chi connectivity index (χ4n) is 2.54. The van der Waals surface area contributed by atoms with E-state index < -0.39 is 0 Å². The Morgan fingerprint density at radius 3 is 2.43 bits per heavy atom. The molecule has 0 bridgehead atoms. The van der Waals surface area contributed by atoms with Crippen molar-refractivity contribution in [2.24, 2.45) is 11.8 Å². The van der Waals surface area contributed by atoms with Crippen molar-refractivity contribution in [2.75, 3.05) is 13.2 Å². The molecule has 0 radical (unpaired) electrons. The Hall–Kier alpha value is 0.210. The maximum atomic E-state index is 5.95. The van der Waals surface area contributed by atoms with Crippen molar-refractivity contribution in [1.29, 1.82) is 0 Å². The normalized spacial score (nSPS) is 39.4. The van der Waals surface area contributed by atoms with Crippen LogP contribution in [0.3, 0.4) is 0 Å². The van der Waals surface area contributed by atoms with Crippen LogP contribution in [0.5, 0.6) is 0 Å². The number of rotatable bonds is 1. The summed E-state index contributed by atoms with van der Waals surface area (Å²) in [6.45, 7) is 6.52. The molecule has 2 rings (SSSR count). The summed E-state index contributed by atoms with van der Waals surface area (Å²) in [6.07, 6.45) is 5.47. The average molecular weight is 220 g/mol. The molecule has 1 aliphatic heterocycles. The maximum Gasteiger partial charge on any atom is 0.119 e. The molecule has 2 nitrogen and oxygen atoms in total. The van der Waals surface area contributed by atoms with Crippen LogP contribution in [0.15, 0.2) is 0 Å². The van der Waals surface area contributed by atoms with E-state index in [-0.39, 0.29) is 18.1 Å². The molecule has 2 atom stereocenters. The molecule has 0 aromatic heterocycles. The minimum Gasteiger partial charge on any atom is -0.360 e. The summed E-state index contributed by atoms with van der Waals surface area (Å²) in [5.41, 5.74) is -0.0109. The Bertz CT molecular complexity index is 172. The molecule has 2 aliphatic rings. The van der Waals surface area contributed by atoms with Crippen LogP contribution in [0.4, 0.5) is 0 Å². The van der Waals surface area contributed by atoms with Gasteiger partial charge in [0.2, 0.25) is 0 Å². The predicted octanol–water partition coefficient (Wildman–Crippen LogP) is 2.57. The molecule has 2 unspecified atom stereocenters. The Morgan fingerprint density at radius 2 is 1.93 bits per heavy atom. The summed E-state index contributed by atoms with van der Waals surface area (Å²) in [7, 11) is 0. The van der Waals surface area contributed by atoms with Crippen molar-refractivity contribution >= 4 is 12.4 Å². The highest BCUT2D eigenvalue weighted by atomic mass is 35.5. The standard InChI is InChI=1S/C11H21NO.ClH/c1-9-7-12-11(2,13-8-9)10-5-3-4-6-10;/h9-10,12H,3-8H2,1-2H3;1H. The molecule has 14 heavy (non-hydrogen) atoms. The van der Waals surface area contributed by atoms with Gasteiger partial charge in [-0.05, 0) is 25.7 Å². The third kappa shape index (κ3) is 2.41. The van der Waals surface area contributed by atoms with Crippen molar-refractivity contribution in [2.45, 2.75) is 45.3 Å². The van der Waals surface area contributed by atoms with E-state index in [1.165, 1.54) is 25.7 Å². The Balaban J connectivity index is 0.000000980. The Morgan fingerprint density at radius 1 is 1.29 bits per heavy atom. The molecule has 1 aliphatic carbocycles. The molecule has 0 spiro atoms. The second-order valence-corrected chi connectivity index (χ2v) is 4.89. The van der Waals surface area contributed by atoms with E-state index in [1.807, 2.05) is 0 Å². The third-order valence-electron chi connectivity index (χ3n) is 3.60. The quantitative estimate of drug-likeness (QED) is 0.732. The highest BCUT2D eigenvalue weighted by Crippen LogP contribution is 2.36. The molecule has 1 heterocycles. The topological polar surface area (TPSA) is 21.3 Å². The van der Waals surface area contributed by atoms with Crippen molar-refractivity contribution in [3.05, 3.63) is 0 Å². The predicted molar refractivity (Wildman–Crippen MR) is 60.7 cm³/mol. The van der Waals surface area contributed by atoms with E-state index >= 15 is 0 Å². The molecule has 84 valence electrons. The Kier molecular flexibility index (Phi) is 4.23. The van der Waals surface area contributed by atoms with E-state index in [2.05, 4.69) is 19.2 Å². The van der Waals surface area contributed by atoms with Gasteiger partial charge in [0.25, 0.3) is 0 Å². The van der Waals surface area contributed by atoms with Crippen molar-refractivity contribution in [3.8, 4) is 0 Å². The fraction of sp³-hybridized carbons (Fsp3) is 1.00. The monoisotopic (exact) mass is 219 g/mol. The first-order valence-electron chi connectivity index (χ1n) is 5.60. The van der Waals surface area contributed by atoms with Crippen LogP contribution in [0.1, 0.15) is 39.5 Å². The van der Waals surface area contributed by atoms with Crippen molar-refractivity contribution in [1.82, 2.24) is 5.32 Å². The largest absolute Gasteiger partial charge is 0.360 e. The lowest BCUT2D eigenvalue weighted by Crippen LogP contribution is -2.56. The van der Waals surface area contributed by atoms with Gasteiger partial charge in [0, 0.05) is 12.5 Å². The SMILES string of the molecule is CC1CNC(C)(C2CCCC2)OC1.Cl. The molecule has 0 aromatic rings. The van der Waals surface area contributed by atoms with Crippen LogP contribution < -0.4 is 5.32 Å². The molecule has 0 aromatic carbocycles. The lowest BCUT2D eigenvalue weighted by atomic mass is 9.93. The van der Waals surface area contributed by atoms with E-state index in [0.29, 0.717) is 5.92 Å². The van der Waals surface area contributed by atoms with E-state index in [1.54, 1.807) is 0 Å². The second-order valence-electron chi connectivity index (χ2n) is 4.89. The molecular formula is C11H22ClNO. The van der Waals surface area contributed by atoms with Gasteiger partial charge in [-0.1, -0.05) is 19.8 Å². The van der Waals surface area contributed by atoms with Gasteiger partial charge in [0.15, 0.2) is 0 Å². The number of ether oxygens (including phenoxy) is 1. The number of hydrogen-bond donors (Lipinski definition) is 1. The number of hydrogen-bond acceptors (Lipinski definition) is 2. The Labute approximate surface area is 93.2 Å². The zero-order valence-corrected chi connectivity index (χ0v) is 10.0. The minimum absolute atomic E-state index is 0. The van der Waals surface area contributed by atoms with Crippen LogP contribution in [0.25, 0.3) is 0 Å². The minimum atomic E-state index is -0.0109. The number of nitrogens with one attached hydrogen (secondary N) is 1. The van der Waals surface area contributed by atoms with Crippen LogP contribution in [0.2, 0.25) is 0 Å². The van der Waals surface area contributed by atoms with Gasteiger partial charge >= 0.3 is 0 Å². The highest BCUT2D eigenvalue weighted by molar-refractivity contribution is 5.85. The summed E-state index contributed by atoms with van der Waals surface area (Å²) >= 11 is 0. The van der Waals surface area contributed by atoms with Gasteiger partial charge in [0.1, 0.15) is 5.72 Å². The molecule has 3 heteroatoms. The smallest absolute Gasteiger partial charge is 0.119 e. The van der Waals surface area contributed by atoms with Crippen LogP contribution >= 0.6 is 12.4 Å². The highest BCUT2D eigenvalue weighted by Gasteiger charge is 2.39. The summed E-state index contributed by atoms with van der Waals surface area (Å²) in [5, 5.41) is 3.56. The summed E-state index contributed by atoms with van der Waals surface area (Å²) in [5.74, 6) is 1.43. The van der Waals surface area contributed by atoms with Gasteiger partial charge in [-0.3, -0.25) is 5.32 Å². The van der Waals surface area contributed by atoms with E-state index in [9.17, 15) is 0 Å². The maximum absolute atomic E-state index is 5.95. The molecule has 1 saturated heterocycles. The van der Waals surface area contributed by atoms with Crippen molar-refractivity contribution in [3.63, 3.8) is 0 Å². The van der Waals surface area contributed by atoms with Gasteiger partial charge in [-0.25, -0.2) is 0 Å². The summed E-state index contributed by atoms with van der Waals surface area (Å²) in [4.78, 5) is 0. The fourth-order valence-corrected chi connectivity index (χ4v) is 2.54. The van der Waals surface area contributed by atoms with E-state index in [0.717, 1.165) is 19.1 Å². The first-order valence-corrected chi connectivity index (χ1v) is 5.60. The zero-order chi connectivity index (χ0) is 9.31. The molecule has 1 N–H and O–H groups in total. The molecule has 1 saturated carbocycles. The van der Waals surface area contributed by atoms with Crippen LogP contribution in [-0.2, 0) is 4.74 Å². The van der Waals surface area contributed by atoms with Gasteiger partial charge in [-0.15, -0.1) is 12.4 Å². The van der Waals surface area contributed by atoms with Crippen LogP contribution in [0, 0.1) is 11.8 Å². The third-order valence-corrected chi connectivity index (χ3v) is 3.60. The van der Waals surface area contributed by atoms with E-state index in [4.69, 9.17) is 4.74 Å². The van der Waals surface area contributed by atoms with Gasteiger partial charge in [0.05, 0.1) is 6.61 Å². The first-order chi connectivity index (χ1) is 6.21. The summed E-state index contributed by atoms with van der Waals surface area (Å²) in [6, 6.07) is 0. The van der Waals surface area contributed by atoms with Gasteiger partial charge < -0.3 is 4.74 Å². The first kappa shape index (κ1) is 12.3. The van der Waals surface area contributed by atoms with Crippen LogP contribution in [-0.4, -0.2) is 18.9 Å². The zero-order valence-electron chi connectivity index (χ0n) is 9.21. The summed E-state index contributed by atoms with van der Waals surface area (Å²) < 4.78 is 5.95. The van der Waals surface area contributed by atoms with Gasteiger partial charge in [-0.2, -0.15) is 0 Å². The van der Waals surface area contributed by atoms with Crippen molar-refractivity contribution < 1.29 is 4.74 Å². The average Bonchev–Trinajstić information content (AvgIpc) is 2.63. The molecular weight excluding hydrogens is 198 g/mol. The number of halogens is 1. The molecule has 2 fully saturated rings. The lowest BCUT2D eigenvalue weighted by molar-refractivity contribution is -0.134. The second kappa shape index (κ2) is 4.82. The molecule has 0 amide bonds. The lowest BCUT2D eigenvalue weighted by Gasteiger charge is -2.42.